The lowest BCUT2D eigenvalue weighted by atomic mass is 9.63. The average Bonchev–Trinajstić information content (AvgIpc) is 3.20. The van der Waals surface area contributed by atoms with Gasteiger partial charge in [-0.05, 0) is 40.1 Å². The van der Waals surface area contributed by atoms with Gasteiger partial charge in [-0.25, -0.2) is 19.8 Å². The van der Waals surface area contributed by atoms with Crippen molar-refractivity contribution in [1.82, 2.24) is 15.0 Å². The minimum Gasteiger partial charge on any atom is -0.457 e. The van der Waals surface area contributed by atoms with Crippen LogP contribution in [0.25, 0.3) is 49.8 Å². The number of aromatic nitrogens is 3. The fourth-order valence-electron chi connectivity index (χ4n) is 7.12. The number of fused-ring (bicyclic) bond motifs is 3. The van der Waals surface area contributed by atoms with Gasteiger partial charge in [0.25, 0.3) is 0 Å². The number of ether oxygens (including phenoxy) is 1. The third-order valence-electron chi connectivity index (χ3n) is 9.45. The molecule has 0 saturated carbocycles. The molecule has 234 valence electrons. The summed E-state index contributed by atoms with van der Waals surface area (Å²) < 4.78 is 6.90. The molecule has 50 heavy (non-hydrogen) atoms. The first kappa shape index (κ1) is 29.3. The summed E-state index contributed by atoms with van der Waals surface area (Å²) in [5.41, 5.74) is 6.83. The summed E-state index contributed by atoms with van der Waals surface area (Å²) in [5, 5.41) is 2.27. The predicted molar refractivity (Wildman–Crippen MR) is 198 cm³/mol. The van der Waals surface area contributed by atoms with E-state index in [2.05, 4.69) is 120 Å². The van der Waals surface area contributed by atoms with Crippen molar-refractivity contribution in [3.8, 4) is 45.7 Å². The van der Waals surface area contributed by atoms with E-state index in [0.717, 1.165) is 61.2 Å². The molecule has 0 aliphatic carbocycles. The maximum Gasteiger partial charge on any atom is 0.187 e. The van der Waals surface area contributed by atoms with Crippen molar-refractivity contribution in [3.63, 3.8) is 0 Å². The minimum absolute atomic E-state index is 0.531. The Morgan fingerprint density at radius 2 is 0.920 bits per heavy atom. The topological polar surface area (TPSA) is 52.3 Å². The zero-order chi connectivity index (χ0) is 33.5. The van der Waals surface area contributed by atoms with Crippen LogP contribution in [0.1, 0.15) is 22.3 Å². The molecule has 2 heterocycles. The number of nitrogens with zero attached hydrogens (tertiary/aromatic N) is 4. The largest absolute Gasteiger partial charge is 0.457 e. The summed E-state index contributed by atoms with van der Waals surface area (Å²) in [6.45, 7) is 7.38. The minimum atomic E-state index is -0.655. The molecule has 0 spiro atoms. The van der Waals surface area contributed by atoms with E-state index in [-0.39, 0.29) is 0 Å². The molecule has 5 heteroatoms. The van der Waals surface area contributed by atoms with Crippen LogP contribution in [-0.2, 0) is 5.41 Å². The van der Waals surface area contributed by atoms with Crippen LogP contribution in [-0.4, -0.2) is 15.0 Å². The first-order valence-electron chi connectivity index (χ1n) is 16.5. The zero-order valence-electron chi connectivity index (χ0n) is 26.9. The van der Waals surface area contributed by atoms with Crippen LogP contribution >= 0.6 is 0 Å². The van der Waals surface area contributed by atoms with E-state index in [1.165, 1.54) is 0 Å². The van der Waals surface area contributed by atoms with Crippen molar-refractivity contribution in [2.75, 3.05) is 0 Å². The van der Waals surface area contributed by atoms with Crippen molar-refractivity contribution in [2.45, 2.75) is 5.41 Å². The molecule has 9 rings (SSSR count). The van der Waals surface area contributed by atoms with Crippen molar-refractivity contribution in [2.24, 2.45) is 0 Å². The van der Waals surface area contributed by atoms with E-state index in [0.29, 0.717) is 23.2 Å². The summed E-state index contributed by atoms with van der Waals surface area (Å²) in [5.74, 6) is 3.18. The lowest BCUT2D eigenvalue weighted by Crippen LogP contribution is -2.34. The maximum atomic E-state index is 7.38. The molecule has 5 nitrogen and oxygen atoms in total. The number of hydrogen-bond donors (Lipinski definition) is 0. The monoisotopic (exact) mass is 640 g/mol. The molecule has 8 aromatic rings. The Balaban J connectivity index is 1.29. The normalized spacial score (nSPS) is 12.7. The number of benzene rings is 7. The second kappa shape index (κ2) is 12.0. The van der Waals surface area contributed by atoms with Crippen LogP contribution in [0.5, 0.6) is 11.5 Å². The first-order chi connectivity index (χ1) is 24.7. The summed E-state index contributed by atoms with van der Waals surface area (Å²) in [6, 6.07) is 57.8. The van der Waals surface area contributed by atoms with Crippen LogP contribution < -0.4 is 4.74 Å². The standard InChI is InChI=1S/C45H28N4O/c1-46-37-24-21-31(22-25-37)43-47-42(30-13-5-2-6-14-30)48-44(49-43)34-23-26-38-40(29-34)50-41-28-33-16-12-11-15-32(33)27-39(41)45(38,35-17-7-3-8-18-35)36-19-9-4-10-20-36/h2-29H. The quantitative estimate of drug-likeness (QED) is 0.176. The molecule has 0 amide bonds. The molecule has 0 fully saturated rings. The van der Waals surface area contributed by atoms with Gasteiger partial charge < -0.3 is 4.74 Å². The van der Waals surface area contributed by atoms with Gasteiger partial charge in [0.05, 0.1) is 12.0 Å². The summed E-state index contributed by atoms with van der Waals surface area (Å²) in [6.07, 6.45) is 0. The first-order valence-corrected chi connectivity index (χ1v) is 16.5. The molecule has 0 unspecified atom stereocenters. The van der Waals surface area contributed by atoms with Crippen LogP contribution in [0.3, 0.4) is 0 Å². The lowest BCUT2D eigenvalue weighted by molar-refractivity contribution is 0.435. The SMILES string of the molecule is [C-]#[N+]c1ccc(-c2nc(-c3ccccc3)nc(-c3ccc4c(c3)Oc3cc5ccccc5cc3C4(c3ccccc3)c3ccccc3)n2)cc1. The predicted octanol–water partition coefficient (Wildman–Crippen LogP) is 11.1. The molecule has 0 saturated heterocycles. The van der Waals surface area contributed by atoms with Gasteiger partial charge in [0.15, 0.2) is 23.2 Å². The van der Waals surface area contributed by atoms with E-state index in [4.69, 9.17) is 26.3 Å². The van der Waals surface area contributed by atoms with Gasteiger partial charge in [0.2, 0.25) is 0 Å². The van der Waals surface area contributed by atoms with Gasteiger partial charge in [-0.15, -0.1) is 0 Å². The molecule has 1 aliphatic heterocycles. The molecule has 0 atom stereocenters. The molecule has 7 aromatic carbocycles. The Bertz CT molecular complexity index is 2520. The van der Waals surface area contributed by atoms with Gasteiger partial charge >= 0.3 is 0 Å². The van der Waals surface area contributed by atoms with E-state index in [1.54, 1.807) is 12.1 Å². The van der Waals surface area contributed by atoms with Crippen LogP contribution in [0.15, 0.2) is 170 Å². The fourth-order valence-corrected chi connectivity index (χ4v) is 7.12. The molecule has 1 aliphatic rings. The maximum absolute atomic E-state index is 7.38. The summed E-state index contributed by atoms with van der Waals surface area (Å²) >= 11 is 0. The van der Waals surface area contributed by atoms with Gasteiger partial charge in [-0.3, -0.25) is 0 Å². The average molecular weight is 641 g/mol. The molecular weight excluding hydrogens is 613 g/mol. The van der Waals surface area contributed by atoms with Crippen molar-refractivity contribution < 1.29 is 4.74 Å². The second-order valence-electron chi connectivity index (χ2n) is 12.3. The third-order valence-corrected chi connectivity index (χ3v) is 9.45. The van der Waals surface area contributed by atoms with Crippen LogP contribution in [0, 0.1) is 6.57 Å². The third kappa shape index (κ3) is 4.82. The zero-order valence-corrected chi connectivity index (χ0v) is 26.9. The van der Waals surface area contributed by atoms with Gasteiger partial charge in [0.1, 0.15) is 11.5 Å². The highest BCUT2D eigenvalue weighted by Crippen LogP contribution is 2.56. The van der Waals surface area contributed by atoms with Gasteiger partial charge in [0, 0.05) is 27.8 Å². The Labute approximate surface area is 290 Å². The highest BCUT2D eigenvalue weighted by molar-refractivity contribution is 5.88. The van der Waals surface area contributed by atoms with Crippen molar-refractivity contribution >= 4 is 16.5 Å². The summed E-state index contributed by atoms with van der Waals surface area (Å²) in [4.78, 5) is 18.4. The molecular formula is C45H28N4O. The Kier molecular flexibility index (Phi) is 7.00. The number of hydrogen-bond acceptors (Lipinski definition) is 4. The highest BCUT2D eigenvalue weighted by Gasteiger charge is 2.45. The lowest BCUT2D eigenvalue weighted by Gasteiger charge is -2.41. The Hall–Kier alpha value is -6.90. The van der Waals surface area contributed by atoms with E-state index in [9.17, 15) is 0 Å². The number of rotatable bonds is 5. The van der Waals surface area contributed by atoms with Gasteiger partial charge in [-0.1, -0.05) is 152 Å². The van der Waals surface area contributed by atoms with Crippen molar-refractivity contribution in [3.05, 3.63) is 204 Å². The fraction of sp³-hybridized carbons (Fsp3) is 0.0222. The molecule has 1 aromatic heterocycles. The molecule has 0 radical (unpaired) electrons. The Morgan fingerprint density at radius 1 is 0.440 bits per heavy atom. The molecule has 0 bridgehead atoms. The second-order valence-corrected chi connectivity index (χ2v) is 12.3. The van der Waals surface area contributed by atoms with Crippen LogP contribution in [0.2, 0.25) is 0 Å². The van der Waals surface area contributed by atoms with Crippen molar-refractivity contribution in [1.29, 1.82) is 0 Å². The highest BCUT2D eigenvalue weighted by atomic mass is 16.5. The Morgan fingerprint density at radius 3 is 1.52 bits per heavy atom. The van der Waals surface area contributed by atoms with Crippen LogP contribution in [0.4, 0.5) is 5.69 Å². The van der Waals surface area contributed by atoms with E-state index >= 15 is 0 Å². The summed E-state index contributed by atoms with van der Waals surface area (Å²) in [7, 11) is 0. The van der Waals surface area contributed by atoms with E-state index < -0.39 is 5.41 Å². The molecule has 0 N–H and O–H groups in total. The smallest absolute Gasteiger partial charge is 0.187 e. The van der Waals surface area contributed by atoms with E-state index in [1.807, 2.05) is 42.5 Å². The van der Waals surface area contributed by atoms with Gasteiger partial charge in [-0.2, -0.15) is 0 Å².